The highest BCUT2D eigenvalue weighted by atomic mass is 35.5. The lowest BCUT2D eigenvalue weighted by Gasteiger charge is -2.12. The lowest BCUT2D eigenvalue weighted by molar-refractivity contribution is -0.123. The zero-order valence-electron chi connectivity index (χ0n) is 13.9. The van der Waals surface area contributed by atoms with Gasteiger partial charge in [-0.25, -0.2) is 0 Å². The van der Waals surface area contributed by atoms with E-state index in [9.17, 15) is 9.59 Å². The molecule has 6 heteroatoms. The quantitative estimate of drug-likeness (QED) is 0.510. The van der Waals surface area contributed by atoms with Crippen molar-refractivity contribution in [2.24, 2.45) is 0 Å². The molecule has 0 saturated carbocycles. The molecule has 2 aromatic carbocycles. The van der Waals surface area contributed by atoms with Crippen LogP contribution in [0, 0.1) is 0 Å². The Morgan fingerprint density at radius 2 is 1.92 bits per heavy atom. The second kappa shape index (κ2) is 8.25. The van der Waals surface area contributed by atoms with Crippen LogP contribution >= 0.6 is 23.4 Å². The molecule has 2 aromatic rings. The molecule has 0 N–H and O–H groups in total. The van der Waals surface area contributed by atoms with E-state index >= 15 is 0 Å². The van der Waals surface area contributed by atoms with Crippen LogP contribution in [-0.2, 0) is 11.3 Å². The van der Waals surface area contributed by atoms with Crippen LogP contribution in [0.2, 0.25) is 5.02 Å². The molecule has 1 aliphatic heterocycles. The monoisotopic (exact) mass is 385 g/mol. The molecule has 1 saturated heterocycles. The number of halogens is 1. The summed E-state index contributed by atoms with van der Waals surface area (Å²) in [7, 11) is 0. The minimum Gasteiger partial charge on any atom is -0.490 e. The zero-order chi connectivity index (χ0) is 18.5. The number of hydrogen-bond acceptors (Lipinski definition) is 4. The van der Waals surface area contributed by atoms with Gasteiger partial charge in [-0.15, -0.1) is 0 Å². The first kappa shape index (κ1) is 18.3. The Bertz CT molecular complexity index is 877. The summed E-state index contributed by atoms with van der Waals surface area (Å²) in [6.45, 7) is 4.24. The van der Waals surface area contributed by atoms with Gasteiger partial charge >= 0.3 is 0 Å². The Morgan fingerprint density at radius 3 is 2.65 bits per heavy atom. The van der Waals surface area contributed by atoms with E-state index < -0.39 is 0 Å². The fourth-order valence-corrected chi connectivity index (χ4v) is 3.37. The van der Waals surface area contributed by atoms with Gasteiger partial charge in [0.2, 0.25) is 0 Å². The minimum atomic E-state index is -0.299. The number of ether oxygens (including phenoxy) is 1. The van der Waals surface area contributed by atoms with Gasteiger partial charge in [0.05, 0.1) is 11.4 Å². The van der Waals surface area contributed by atoms with Crippen LogP contribution in [0.1, 0.15) is 11.1 Å². The molecule has 4 nitrogen and oxygen atoms in total. The van der Waals surface area contributed by atoms with Crippen molar-refractivity contribution >= 4 is 40.6 Å². The second-order valence-corrected chi connectivity index (χ2v) is 7.00. The van der Waals surface area contributed by atoms with Crippen molar-refractivity contribution in [3.63, 3.8) is 0 Å². The normalized spacial score (nSPS) is 15.6. The molecule has 1 aliphatic rings. The van der Waals surface area contributed by atoms with Crippen molar-refractivity contribution in [3.8, 4) is 5.75 Å². The van der Waals surface area contributed by atoms with Crippen molar-refractivity contribution < 1.29 is 14.3 Å². The molecular formula is C20H16ClNO3S. The molecule has 0 bridgehead atoms. The van der Waals surface area contributed by atoms with Crippen LogP contribution in [-0.4, -0.2) is 22.7 Å². The number of benzene rings is 2. The van der Waals surface area contributed by atoms with Crippen LogP contribution in [0.15, 0.2) is 66.1 Å². The third-order valence-electron chi connectivity index (χ3n) is 3.65. The topological polar surface area (TPSA) is 46.6 Å². The molecule has 1 heterocycles. The highest BCUT2D eigenvalue weighted by Gasteiger charge is 2.34. The lowest BCUT2D eigenvalue weighted by Crippen LogP contribution is -2.27. The average molecular weight is 386 g/mol. The maximum absolute atomic E-state index is 12.6. The van der Waals surface area contributed by atoms with E-state index in [-0.39, 0.29) is 17.7 Å². The first-order valence-corrected chi connectivity index (χ1v) is 9.10. The van der Waals surface area contributed by atoms with Gasteiger partial charge in [-0.05, 0) is 53.2 Å². The molecule has 0 atom stereocenters. The van der Waals surface area contributed by atoms with Crippen molar-refractivity contribution in [1.29, 1.82) is 0 Å². The van der Waals surface area contributed by atoms with Crippen LogP contribution < -0.4 is 4.74 Å². The highest BCUT2D eigenvalue weighted by molar-refractivity contribution is 8.18. The van der Waals surface area contributed by atoms with E-state index in [1.165, 1.54) is 4.90 Å². The molecular weight excluding hydrogens is 370 g/mol. The van der Waals surface area contributed by atoms with Gasteiger partial charge in [0.15, 0.2) is 0 Å². The first-order chi connectivity index (χ1) is 12.6. The fourth-order valence-electron chi connectivity index (χ4n) is 2.41. The van der Waals surface area contributed by atoms with Crippen LogP contribution in [0.5, 0.6) is 5.75 Å². The average Bonchev–Trinajstić information content (AvgIpc) is 2.89. The second-order valence-electron chi connectivity index (χ2n) is 5.57. The molecule has 2 amide bonds. The molecule has 0 spiro atoms. The minimum absolute atomic E-state index is 0.224. The lowest BCUT2D eigenvalue weighted by atomic mass is 10.2. The highest BCUT2D eigenvalue weighted by Crippen LogP contribution is 2.33. The molecule has 1 fully saturated rings. The number of imide groups is 1. The number of thioether (sulfide) groups is 1. The summed E-state index contributed by atoms with van der Waals surface area (Å²) in [5.74, 6) is 0.381. The summed E-state index contributed by atoms with van der Waals surface area (Å²) in [6.07, 6.45) is 3.36. The molecule has 0 aliphatic carbocycles. The summed E-state index contributed by atoms with van der Waals surface area (Å²) in [5.41, 5.74) is 1.64. The summed E-state index contributed by atoms with van der Waals surface area (Å²) >= 11 is 6.81. The van der Waals surface area contributed by atoms with Crippen LogP contribution in [0.3, 0.4) is 0 Å². The number of hydrogen-bond donors (Lipinski definition) is 0. The molecule has 132 valence electrons. The molecule has 0 unspecified atom stereocenters. The number of carbonyl (C=O) groups is 2. The van der Waals surface area contributed by atoms with E-state index in [0.29, 0.717) is 22.3 Å². The van der Waals surface area contributed by atoms with Gasteiger partial charge in [0.25, 0.3) is 11.1 Å². The van der Waals surface area contributed by atoms with Crippen molar-refractivity contribution in [2.45, 2.75) is 6.54 Å². The fraction of sp³-hybridized carbons (Fsp3) is 0.100. The van der Waals surface area contributed by atoms with E-state index in [2.05, 4.69) is 6.58 Å². The Hall–Kier alpha value is -2.50. The smallest absolute Gasteiger partial charge is 0.293 e. The molecule has 26 heavy (non-hydrogen) atoms. The maximum atomic E-state index is 12.6. The zero-order valence-corrected chi connectivity index (χ0v) is 15.4. The number of carbonyl (C=O) groups excluding carboxylic acids is 2. The first-order valence-electron chi connectivity index (χ1n) is 7.90. The molecule has 0 radical (unpaired) electrons. The van der Waals surface area contributed by atoms with Gasteiger partial charge in [0, 0.05) is 5.02 Å². The number of nitrogens with zero attached hydrogens (tertiary/aromatic N) is 1. The van der Waals surface area contributed by atoms with Crippen LogP contribution in [0.25, 0.3) is 6.08 Å². The van der Waals surface area contributed by atoms with Gasteiger partial charge in [-0.1, -0.05) is 48.5 Å². The van der Waals surface area contributed by atoms with Gasteiger partial charge in [-0.3, -0.25) is 14.5 Å². The van der Waals surface area contributed by atoms with E-state index in [1.54, 1.807) is 36.4 Å². The van der Waals surface area contributed by atoms with Gasteiger partial charge < -0.3 is 4.74 Å². The largest absolute Gasteiger partial charge is 0.490 e. The predicted octanol–water partition coefficient (Wildman–Crippen LogP) is 5.14. The Balaban J connectivity index is 1.76. The van der Waals surface area contributed by atoms with Crippen molar-refractivity contribution in [1.82, 2.24) is 4.90 Å². The van der Waals surface area contributed by atoms with Crippen molar-refractivity contribution in [2.75, 3.05) is 6.61 Å². The summed E-state index contributed by atoms with van der Waals surface area (Å²) in [5, 5.41) is 0.330. The summed E-state index contributed by atoms with van der Waals surface area (Å²) < 4.78 is 5.49. The van der Waals surface area contributed by atoms with E-state index in [1.807, 2.05) is 24.3 Å². The number of rotatable bonds is 6. The Morgan fingerprint density at radius 1 is 1.15 bits per heavy atom. The predicted molar refractivity (Wildman–Crippen MR) is 105 cm³/mol. The number of amides is 2. The Kier molecular flexibility index (Phi) is 5.81. The summed E-state index contributed by atoms with van der Waals surface area (Å²) in [6, 6.07) is 14.4. The van der Waals surface area contributed by atoms with E-state index in [0.717, 1.165) is 22.9 Å². The maximum Gasteiger partial charge on any atom is 0.293 e. The standard InChI is InChI=1S/C20H16ClNO3S/c1-2-10-25-17-5-3-4-15(11-17)12-18-19(23)22(20(24)26-18)13-14-6-8-16(21)9-7-14/h2-9,11-12H,1,10,13H2/b18-12-. The van der Waals surface area contributed by atoms with Crippen molar-refractivity contribution in [3.05, 3.63) is 82.2 Å². The molecule has 0 aromatic heterocycles. The molecule has 3 rings (SSSR count). The van der Waals surface area contributed by atoms with Crippen LogP contribution in [0.4, 0.5) is 4.79 Å². The SMILES string of the molecule is C=CCOc1cccc(/C=C2\SC(=O)N(Cc3ccc(Cl)cc3)C2=O)c1. The Labute approximate surface area is 161 Å². The van der Waals surface area contributed by atoms with Gasteiger partial charge in [-0.2, -0.15) is 0 Å². The summed E-state index contributed by atoms with van der Waals surface area (Å²) in [4.78, 5) is 26.5. The van der Waals surface area contributed by atoms with E-state index in [4.69, 9.17) is 16.3 Å². The third-order valence-corrected chi connectivity index (χ3v) is 4.81. The van der Waals surface area contributed by atoms with Gasteiger partial charge in [0.1, 0.15) is 12.4 Å². The third kappa shape index (κ3) is 4.36.